The average molecular weight is 873 g/mol. The van der Waals surface area contributed by atoms with Gasteiger partial charge in [-0.25, -0.2) is 0 Å². The maximum absolute atomic E-state index is 6.31. The van der Waals surface area contributed by atoms with Gasteiger partial charge in [0, 0.05) is 43.7 Å². The van der Waals surface area contributed by atoms with Crippen molar-refractivity contribution in [3.63, 3.8) is 0 Å². The number of fused-ring (bicyclic) bond motifs is 9. The van der Waals surface area contributed by atoms with Gasteiger partial charge in [-0.15, -0.1) is 0 Å². The second-order valence-electron chi connectivity index (χ2n) is 18.7. The van der Waals surface area contributed by atoms with Crippen LogP contribution in [0.25, 0.3) is 110 Å². The van der Waals surface area contributed by atoms with Crippen molar-refractivity contribution in [3.8, 4) is 44.8 Å². The predicted octanol–water partition coefficient (Wildman–Crippen LogP) is 17.5. The zero-order valence-electron chi connectivity index (χ0n) is 38.4. The molecule has 13 rings (SSSR count). The minimum Gasteiger partial charge on any atom is -0.456 e. The van der Waals surface area contributed by atoms with E-state index in [4.69, 9.17) is 4.42 Å². The van der Waals surface area contributed by atoms with Gasteiger partial charge in [-0.3, -0.25) is 0 Å². The van der Waals surface area contributed by atoms with Gasteiger partial charge in [0.15, 0.2) is 0 Å². The van der Waals surface area contributed by atoms with E-state index in [1.807, 2.05) is 6.07 Å². The lowest BCUT2D eigenvalue weighted by Gasteiger charge is -2.15. The third-order valence-electron chi connectivity index (χ3n) is 14.3. The van der Waals surface area contributed by atoms with Gasteiger partial charge < -0.3 is 13.6 Å². The van der Waals surface area contributed by atoms with E-state index in [2.05, 4.69) is 236 Å². The van der Waals surface area contributed by atoms with Gasteiger partial charge in [-0.1, -0.05) is 132 Å². The molecule has 3 nitrogen and oxygen atoms in total. The molecule has 0 bridgehead atoms. The predicted molar refractivity (Wildman–Crippen MR) is 287 cm³/mol. The van der Waals surface area contributed by atoms with Crippen LogP contribution in [0, 0.1) is 20.8 Å². The molecule has 324 valence electrons. The molecule has 0 fully saturated rings. The molecule has 0 radical (unpaired) electrons. The molecule has 10 aromatic carbocycles. The van der Waals surface area contributed by atoms with Crippen LogP contribution in [-0.4, -0.2) is 9.13 Å². The SMILES string of the molecule is Cc1ccc(CCc2ccccc2)c(-c2cc(-c3ccc4c(c3)c3cc(-c5ccc6c(c5)c5cc(C)ccc5n6-c5ccccc5)ccc3n4-c3ccc4oc5ccccc5c4c3)ccc2C)c1. The molecule has 68 heavy (non-hydrogen) atoms. The van der Waals surface area contributed by atoms with Crippen LogP contribution < -0.4 is 0 Å². The number of benzene rings is 10. The van der Waals surface area contributed by atoms with Crippen LogP contribution in [-0.2, 0) is 12.8 Å². The Balaban J connectivity index is 0.985. The normalized spacial score (nSPS) is 11.9. The fraction of sp³-hybridized carbons (Fsp3) is 0.0769. The van der Waals surface area contributed by atoms with E-state index in [0.717, 1.165) is 46.0 Å². The maximum atomic E-state index is 6.31. The number of hydrogen-bond acceptors (Lipinski definition) is 1. The van der Waals surface area contributed by atoms with Crippen LogP contribution >= 0.6 is 0 Å². The molecule has 3 aromatic heterocycles. The molecule has 13 aromatic rings. The topological polar surface area (TPSA) is 23.0 Å². The lowest BCUT2D eigenvalue weighted by Crippen LogP contribution is -1.97. The molecule has 3 heterocycles. The van der Waals surface area contributed by atoms with Crippen molar-refractivity contribution in [1.29, 1.82) is 0 Å². The number of para-hydroxylation sites is 2. The van der Waals surface area contributed by atoms with Crippen LogP contribution in [0.4, 0.5) is 0 Å². The standard InChI is InChI=1S/C65H48N2O/c1-41-18-22-45(24-21-44-12-6-4-7-13-44)54(34-41)53-36-46(23-20-43(53)3)47-26-31-62-57(38-47)58-39-49(27-32-63(58)67(62)51-28-33-65-59(40-51)52-16-10-11-17-64(52)68-65)48-25-30-61-56(37-48)55-35-42(2)19-29-60(55)66(61)50-14-8-5-9-15-50/h4-20,22-23,25-40H,21,24H2,1-3H3. The number of aromatic nitrogens is 2. The molecule has 0 spiro atoms. The summed E-state index contributed by atoms with van der Waals surface area (Å²) in [6.07, 6.45) is 1.99. The number of rotatable bonds is 8. The van der Waals surface area contributed by atoms with Crippen molar-refractivity contribution >= 4 is 65.6 Å². The van der Waals surface area contributed by atoms with Crippen molar-refractivity contribution < 1.29 is 4.42 Å². The Morgan fingerprint density at radius 3 is 1.56 bits per heavy atom. The first-order valence-electron chi connectivity index (χ1n) is 23.8. The van der Waals surface area contributed by atoms with E-state index in [-0.39, 0.29) is 0 Å². The van der Waals surface area contributed by atoms with Crippen LogP contribution in [0.3, 0.4) is 0 Å². The molecule has 3 heteroatoms. The van der Waals surface area contributed by atoms with Gasteiger partial charge in [0.1, 0.15) is 11.2 Å². The highest BCUT2D eigenvalue weighted by Gasteiger charge is 2.19. The van der Waals surface area contributed by atoms with Crippen LogP contribution in [0.2, 0.25) is 0 Å². The molecular formula is C65H48N2O. The summed E-state index contributed by atoms with van der Waals surface area (Å²) in [6, 6.07) is 78.4. The molecule has 0 N–H and O–H groups in total. The Morgan fingerprint density at radius 2 is 0.868 bits per heavy atom. The average Bonchev–Trinajstić information content (AvgIpc) is 4.03. The first-order chi connectivity index (χ1) is 33.4. The number of nitrogens with zero attached hydrogens (tertiary/aromatic N) is 2. The Labute approximate surface area is 395 Å². The summed E-state index contributed by atoms with van der Waals surface area (Å²) in [7, 11) is 0. The fourth-order valence-electron chi connectivity index (χ4n) is 10.9. The Bertz CT molecular complexity index is 4110. The molecule has 0 aliphatic rings. The van der Waals surface area contributed by atoms with E-state index in [0.29, 0.717) is 0 Å². The smallest absolute Gasteiger partial charge is 0.135 e. The minimum atomic E-state index is 0.895. The van der Waals surface area contributed by atoms with Crippen LogP contribution in [0.15, 0.2) is 217 Å². The molecular weight excluding hydrogens is 825 g/mol. The highest BCUT2D eigenvalue weighted by atomic mass is 16.3. The van der Waals surface area contributed by atoms with E-state index in [9.17, 15) is 0 Å². The van der Waals surface area contributed by atoms with E-state index < -0.39 is 0 Å². The summed E-state index contributed by atoms with van der Waals surface area (Å²) in [5.41, 5.74) is 22.8. The third-order valence-corrected chi connectivity index (χ3v) is 14.3. The Kier molecular flexibility index (Phi) is 9.33. The van der Waals surface area contributed by atoms with Crippen molar-refractivity contribution in [2.75, 3.05) is 0 Å². The first-order valence-corrected chi connectivity index (χ1v) is 23.8. The summed E-state index contributed by atoms with van der Waals surface area (Å²) in [6.45, 7) is 6.64. The number of hydrogen-bond donors (Lipinski definition) is 0. The summed E-state index contributed by atoms with van der Waals surface area (Å²) in [5, 5.41) is 7.19. The minimum absolute atomic E-state index is 0.895. The molecule has 0 unspecified atom stereocenters. The number of furan rings is 1. The van der Waals surface area contributed by atoms with Gasteiger partial charge in [-0.05, 0) is 175 Å². The molecule has 0 aliphatic carbocycles. The Hall–Kier alpha value is -8.40. The molecule has 0 atom stereocenters. The van der Waals surface area contributed by atoms with E-state index >= 15 is 0 Å². The zero-order chi connectivity index (χ0) is 45.5. The largest absolute Gasteiger partial charge is 0.456 e. The van der Waals surface area contributed by atoms with Gasteiger partial charge in [-0.2, -0.15) is 0 Å². The van der Waals surface area contributed by atoms with Gasteiger partial charge in [0.05, 0.1) is 22.1 Å². The number of aryl methyl sites for hydroxylation is 5. The highest BCUT2D eigenvalue weighted by Crippen LogP contribution is 2.42. The molecule has 0 aliphatic heterocycles. The van der Waals surface area contributed by atoms with Crippen molar-refractivity contribution in [1.82, 2.24) is 9.13 Å². The lowest BCUT2D eigenvalue weighted by atomic mass is 9.89. The van der Waals surface area contributed by atoms with E-state index in [1.165, 1.54) is 105 Å². The van der Waals surface area contributed by atoms with Gasteiger partial charge in [0.25, 0.3) is 0 Å². The second kappa shape index (κ2) is 15.9. The van der Waals surface area contributed by atoms with Crippen molar-refractivity contribution in [2.24, 2.45) is 0 Å². The van der Waals surface area contributed by atoms with Gasteiger partial charge in [0.2, 0.25) is 0 Å². The van der Waals surface area contributed by atoms with Crippen molar-refractivity contribution in [2.45, 2.75) is 33.6 Å². The second-order valence-corrected chi connectivity index (χ2v) is 18.7. The molecule has 0 saturated carbocycles. The van der Waals surface area contributed by atoms with Crippen molar-refractivity contribution in [3.05, 3.63) is 240 Å². The zero-order valence-corrected chi connectivity index (χ0v) is 38.4. The first kappa shape index (κ1) is 39.9. The fourth-order valence-corrected chi connectivity index (χ4v) is 10.9. The summed E-state index contributed by atoms with van der Waals surface area (Å²) < 4.78 is 11.1. The third kappa shape index (κ3) is 6.65. The molecule has 0 amide bonds. The summed E-state index contributed by atoms with van der Waals surface area (Å²) in [5.74, 6) is 0. The summed E-state index contributed by atoms with van der Waals surface area (Å²) >= 11 is 0. The molecule has 0 saturated heterocycles. The quantitative estimate of drug-likeness (QED) is 0.149. The highest BCUT2D eigenvalue weighted by molar-refractivity contribution is 6.14. The Morgan fingerprint density at radius 1 is 0.338 bits per heavy atom. The van der Waals surface area contributed by atoms with E-state index in [1.54, 1.807) is 0 Å². The monoisotopic (exact) mass is 872 g/mol. The van der Waals surface area contributed by atoms with Crippen LogP contribution in [0.1, 0.15) is 27.8 Å². The summed E-state index contributed by atoms with van der Waals surface area (Å²) in [4.78, 5) is 0. The van der Waals surface area contributed by atoms with Crippen LogP contribution in [0.5, 0.6) is 0 Å². The lowest BCUT2D eigenvalue weighted by molar-refractivity contribution is 0.669. The maximum Gasteiger partial charge on any atom is 0.135 e. The van der Waals surface area contributed by atoms with Gasteiger partial charge >= 0.3 is 0 Å².